The van der Waals surface area contributed by atoms with Crippen molar-refractivity contribution in [2.45, 2.75) is 57.4 Å². The number of amides is 2. The van der Waals surface area contributed by atoms with Gasteiger partial charge in [-0.05, 0) is 60.8 Å². The number of carboxylic acid groups (broad SMARTS) is 1. The molecule has 1 aliphatic heterocycles. The van der Waals surface area contributed by atoms with Gasteiger partial charge in [-0.2, -0.15) is 0 Å². The Kier molecular flexibility index (Phi) is 7.43. The van der Waals surface area contributed by atoms with E-state index in [1.807, 2.05) is 31.2 Å². The Morgan fingerprint density at radius 2 is 1.71 bits per heavy atom. The van der Waals surface area contributed by atoms with Gasteiger partial charge in [-0.3, -0.25) is 4.79 Å². The highest BCUT2D eigenvalue weighted by atomic mass is 16.5. The quantitative estimate of drug-likeness (QED) is 0.540. The normalized spacial score (nSPS) is 19.7. The van der Waals surface area contributed by atoms with Gasteiger partial charge in [0.2, 0.25) is 5.91 Å². The van der Waals surface area contributed by atoms with E-state index in [-0.39, 0.29) is 24.3 Å². The molecule has 0 radical (unpaired) electrons. The van der Waals surface area contributed by atoms with Gasteiger partial charge in [-0.15, -0.1) is 0 Å². The van der Waals surface area contributed by atoms with E-state index in [1.54, 1.807) is 6.92 Å². The standard InChI is InChI=1S/C28H34N2O5/c1-19(12-13-25(31)30-17-7-15-28(30,2)26(32)33)14-16-29-27(34)35-18-24-22-10-5-3-8-20(22)21-9-4-6-11-23(21)24/h3-6,8-11,19,24H,7,12-18H2,1-2H3,(H,29,34)(H,32,33)/t19?,28-/m0/s1. The average molecular weight is 479 g/mol. The summed E-state index contributed by atoms with van der Waals surface area (Å²) in [5.74, 6) is -0.806. The maximum Gasteiger partial charge on any atom is 0.407 e. The summed E-state index contributed by atoms with van der Waals surface area (Å²) in [5.41, 5.74) is 3.65. The number of rotatable bonds is 9. The molecule has 1 fully saturated rings. The van der Waals surface area contributed by atoms with Crippen molar-refractivity contribution in [2.24, 2.45) is 5.92 Å². The van der Waals surface area contributed by atoms with Crippen LogP contribution >= 0.6 is 0 Å². The Morgan fingerprint density at radius 3 is 2.34 bits per heavy atom. The van der Waals surface area contributed by atoms with Crippen molar-refractivity contribution in [1.82, 2.24) is 10.2 Å². The third kappa shape index (κ3) is 5.19. The van der Waals surface area contributed by atoms with Gasteiger partial charge < -0.3 is 20.1 Å². The van der Waals surface area contributed by atoms with Gasteiger partial charge in [0.25, 0.3) is 0 Å². The summed E-state index contributed by atoms with van der Waals surface area (Å²) in [6.07, 6.45) is 2.45. The van der Waals surface area contributed by atoms with Crippen molar-refractivity contribution in [3.8, 4) is 11.1 Å². The number of fused-ring (bicyclic) bond motifs is 3. The second-order valence-electron chi connectivity index (χ2n) is 9.91. The average Bonchev–Trinajstić information content (AvgIpc) is 3.40. The zero-order chi connectivity index (χ0) is 25.0. The predicted molar refractivity (Wildman–Crippen MR) is 133 cm³/mol. The van der Waals surface area contributed by atoms with Gasteiger partial charge >= 0.3 is 12.1 Å². The Bertz CT molecular complexity index is 1050. The lowest BCUT2D eigenvalue weighted by Crippen LogP contribution is -2.50. The summed E-state index contributed by atoms with van der Waals surface area (Å²) < 4.78 is 5.57. The maximum absolute atomic E-state index is 12.6. The summed E-state index contributed by atoms with van der Waals surface area (Å²) in [6.45, 7) is 4.90. The van der Waals surface area contributed by atoms with E-state index in [1.165, 1.54) is 27.2 Å². The molecule has 7 heteroatoms. The van der Waals surface area contributed by atoms with Gasteiger partial charge in [-0.25, -0.2) is 9.59 Å². The number of ether oxygens (including phenoxy) is 1. The molecule has 1 unspecified atom stereocenters. The second-order valence-corrected chi connectivity index (χ2v) is 9.91. The van der Waals surface area contributed by atoms with Gasteiger partial charge in [0.15, 0.2) is 0 Å². The summed E-state index contributed by atoms with van der Waals surface area (Å²) in [4.78, 5) is 38.0. The van der Waals surface area contributed by atoms with E-state index in [2.05, 4.69) is 29.6 Å². The van der Waals surface area contributed by atoms with E-state index in [0.29, 0.717) is 45.2 Å². The first-order chi connectivity index (χ1) is 16.8. The van der Waals surface area contributed by atoms with Crippen LogP contribution in [-0.4, -0.2) is 53.2 Å². The number of aliphatic carboxylic acids is 1. The molecule has 186 valence electrons. The molecule has 2 N–H and O–H groups in total. The van der Waals surface area contributed by atoms with Gasteiger partial charge in [0.1, 0.15) is 12.1 Å². The van der Waals surface area contributed by atoms with E-state index in [4.69, 9.17) is 4.74 Å². The molecular formula is C28H34N2O5. The summed E-state index contributed by atoms with van der Waals surface area (Å²) in [6, 6.07) is 16.5. The molecule has 2 atom stereocenters. The molecule has 0 saturated carbocycles. The lowest BCUT2D eigenvalue weighted by atomic mass is 9.97. The Balaban J connectivity index is 1.19. The second kappa shape index (κ2) is 10.5. The van der Waals surface area contributed by atoms with E-state index in [0.717, 1.165) is 0 Å². The van der Waals surface area contributed by atoms with E-state index in [9.17, 15) is 19.5 Å². The molecule has 1 aliphatic carbocycles. The number of hydrogen-bond acceptors (Lipinski definition) is 4. The van der Waals surface area contributed by atoms with Crippen molar-refractivity contribution in [3.05, 3.63) is 59.7 Å². The number of carbonyl (C=O) groups is 3. The number of nitrogens with zero attached hydrogens (tertiary/aromatic N) is 1. The highest BCUT2D eigenvalue weighted by Gasteiger charge is 2.45. The number of benzene rings is 2. The third-order valence-corrected chi connectivity index (χ3v) is 7.50. The van der Waals surface area contributed by atoms with Gasteiger partial charge in [0, 0.05) is 25.4 Å². The minimum Gasteiger partial charge on any atom is -0.480 e. The van der Waals surface area contributed by atoms with E-state index >= 15 is 0 Å². The van der Waals surface area contributed by atoms with Crippen LogP contribution in [0.3, 0.4) is 0 Å². The van der Waals surface area contributed by atoms with Crippen molar-refractivity contribution >= 4 is 18.0 Å². The van der Waals surface area contributed by atoms with Crippen LogP contribution in [0, 0.1) is 5.92 Å². The molecular weight excluding hydrogens is 444 g/mol. The first-order valence-corrected chi connectivity index (χ1v) is 12.4. The van der Waals surface area contributed by atoms with Crippen LogP contribution in [0.4, 0.5) is 4.79 Å². The summed E-state index contributed by atoms with van der Waals surface area (Å²) in [7, 11) is 0. The number of alkyl carbamates (subject to hydrolysis) is 1. The maximum atomic E-state index is 12.6. The molecule has 35 heavy (non-hydrogen) atoms. The van der Waals surface area contributed by atoms with Gasteiger partial charge in [-0.1, -0.05) is 55.5 Å². The fourth-order valence-electron chi connectivity index (χ4n) is 5.30. The van der Waals surface area contributed by atoms with E-state index < -0.39 is 17.6 Å². The first-order valence-electron chi connectivity index (χ1n) is 12.4. The molecule has 4 rings (SSSR count). The highest BCUT2D eigenvalue weighted by Crippen LogP contribution is 2.44. The monoisotopic (exact) mass is 478 g/mol. The van der Waals surface area contributed by atoms with Crippen molar-refractivity contribution in [2.75, 3.05) is 19.7 Å². The molecule has 1 heterocycles. The minimum absolute atomic E-state index is 0.0279. The molecule has 2 aliphatic rings. The van der Waals surface area contributed by atoms with Crippen molar-refractivity contribution in [3.63, 3.8) is 0 Å². The number of likely N-dealkylation sites (tertiary alicyclic amines) is 1. The van der Waals surface area contributed by atoms with Crippen LogP contribution in [0.2, 0.25) is 0 Å². The number of carbonyl (C=O) groups excluding carboxylic acids is 2. The van der Waals surface area contributed by atoms with Crippen LogP contribution in [0.1, 0.15) is 63.0 Å². The lowest BCUT2D eigenvalue weighted by Gasteiger charge is -2.31. The summed E-state index contributed by atoms with van der Waals surface area (Å²) >= 11 is 0. The zero-order valence-electron chi connectivity index (χ0n) is 20.5. The molecule has 2 aromatic rings. The fraction of sp³-hybridized carbons (Fsp3) is 0.464. The Morgan fingerprint density at radius 1 is 1.09 bits per heavy atom. The minimum atomic E-state index is -1.09. The smallest absolute Gasteiger partial charge is 0.407 e. The van der Waals surface area contributed by atoms with Crippen molar-refractivity contribution in [1.29, 1.82) is 0 Å². The van der Waals surface area contributed by atoms with Crippen LogP contribution < -0.4 is 5.32 Å². The predicted octanol–water partition coefficient (Wildman–Crippen LogP) is 4.80. The summed E-state index contributed by atoms with van der Waals surface area (Å²) in [5, 5.41) is 12.3. The number of nitrogens with one attached hydrogen (secondary N) is 1. The van der Waals surface area contributed by atoms with Crippen molar-refractivity contribution < 1.29 is 24.2 Å². The topological polar surface area (TPSA) is 95.9 Å². The molecule has 1 saturated heterocycles. The number of hydrogen-bond donors (Lipinski definition) is 2. The largest absolute Gasteiger partial charge is 0.480 e. The number of carboxylic acids is 1. The van der Waals surface area contributed by atoms with Crippen LogP contribution in [0.25, 0.3) is 11.1 Å². The van der Waals surface area contributed by atoms with Gasteiger partial charge in [0.05, 0.1) is 0 Å². The van der Waals surface area contributed by atoms with Crippen LogP contribution in [0.5, 0.6) is 0 Å². The molecule has 0 spiro atoms. The van der Waals surface area contributed by atoms with Crippen LogP contribution in [0.15, 0.2) is 48.5 Å². The molecule has 2 amide bonds. The Hall–Kier alpha value is -3.35. The SMILES string of the molecule is CC(CCNC(=O)OCC1c2ccccc2-c2ccccc21)CCC(=O)N1CCC[C@@]1(C)C(=O)O. The van der Waals surface area contributed by atoms with Crippen LogP contribution in [-0.2, 0) is 14.3 Å². The molecule has 2 aromatic carbocycles. The Labute approximate surface area is 206 Å². The molecule has 7 nitrogen and oxygen atoms in total. The molecule has 0 bridgehead atoms. The lowest BCUT2D eigenvalue weighted by molar-refractivity contribution is -0.155. The highest BCUT2D eigenvalue weighted by molar-refractivity contribution is 5.87. The zero-order valence-corrected chi connectivity index (χ0v) is 20.5. The molecule has 0 aromatic heterocycles. The fourth-order valence-corrected chi connectivity index (χ4v) is 5.30. The third-order valence-electron chi connectivity index (χ3n) is 7.50. The first kappa shape index (κ1) is 24.8.